The number of aryl methyl sites for hydroxylation is 1. The summed E-state index contributed by atoms with van der Waals surface area (Å²) in [5.41, 5.74) is 1.08. The number of aromatic nitrogens is 2. The Morgan fingerprint density at radius 1 is 1.12 bits per heavy atom. The third-order valence-electron chi connectivity index (χ3n) is 4.42. The summed E-state index contributed by atoms with van der Waals surface area (Å²) in [7, 11) is 1.52. The zero-order valence-corrected chi connectivity index (χ0v) is 14.5. The fourth-order valence-corrected chi connectivity index (χ4v) is 2.71. The third-order valence-corrected chi connectivity index (χ3v) is 4.42. The second kappa shape index (κ2) is 6.89. The first-order valence-corrected chi connectivity index (χ1v) is 8.29. The minimum atomic E-state index is -0.580. The van der Waals surface area contributed by atoms with Crippen LogP contribution >= 0.6 is 0 Å². The molecule has 0 saturated heterocycles. The van der Waals surface area contributed by atoms with Gasteiger partial charge in [-0.3, -0.25) is 4.79 Å². The summed E-state index contributed by atoms with van der Waals surface area (Å²) in [6, 6.07) is 14.4. The molecule has 1 atom stereocenters. The minimum Gasteiger partial charge on any atom is -0.422 e. The number of carbonyl (C=O) groups is 1. The maximum atomic E-state index is 12.6. The predicted octanol–water partition coefficient (Wildman–Crippen LogP) is 3.67. The van der Waals surface area contributed by atoms with Crippen molar-refractivity contribution in [3.63, 3.8) is 0 Å². The van der Waals surface area contributed by atoms with Crippen LogP contribution in [0.3, 0.4) is 0 Å². The molecule has 1 aromatic heterocycles. The maximum absolute atomic E-state index is 12.6. The van der Waals surface area contributed by atoms with Crippen LogP contribution < -0.4 is 10.3 Å². The van der Waals surface area contributed by atoms with Gasteiger partial charge < -0.3 is 4.74 Å². The number of fused-ring (bicyclic) bond motifs is 1. The quantitative estimate of drug-likeness (QED) is 0.539. The van der Waals surface area contributed by atoms with Crippen LogP contribution in [0, 0.1) is 0 Å². The molecule has 5 nitrogen and oxygen atoms in total. The monoisotopic (exact) mass is 336 g/mol. The second-order valence-corrected chi connectivity index (χ2v) is 6.09. The summed E-state index contributed by atoms with van der Waals surface area (Å²) in [5, 5.41) is 5.02. The second-order valence-electron chi connectivity index (χ2n) is 6.09. The van der Waals surface area contributed by atoms with Crippen LogP contribution in [0.5, 0.6) is 5.75 Å². The fraction of sp³-hybridized carbons (Fsp3) is 0.250. The van der Waals surface area contributed by atoms with Crippen LogP contribution in [0.4, 0.5) is 0 Å². The summed E-state index contributed by atoms with van der Waals surface area (Å²) < 4.78 is 6.61. The van der Waals surface area contributed by atoms with Crippen LogP contribution in [-0.4, -0.2) is 15.7 Å². The van der Waals surface area contributed by atoms with Crippen molar-refractivity contribution in [3.05, 3.63) is 70.1 Å². The molecular weight excluding hydrogens is 316 g/mol. The molecule has 0 fully saturated rings. The van der Waals surface area contributed by atoms with Crippen LogP contribution in [0.15, 0.2) is 53.3 Å². The van der Waals surface area contributed by atoms with E-state index in [4.69, 9.17) is 4.74 Å². The zero-order valence-electron chi connectivity index (χ0n) is 14.5. The van der Waals surface area contributed by atoms with Crippen LogP contribution in [0.1, 0.15) is 42.2 Å². The number of carbonyl (C=O) groups excluding carboxylic acids is 1. The first-order valence-electron chi connectivity index (χ1n) is 8.29. The molecule has 0 spiro atoms. The average Bonchev–Trinajstić information content (AvgIpc) is 2.64. The Labute approximate surface area is 145 Å². The molecule has 3 rings (SSSR count). The lowest BCUT2D eigenvalue weighted by atomic mass is 9.99. The van der Waals surface area contributed by atoms with E-state index in [2.05, 4.69) is 18.9 Å². The third kappa shape index (κ3) is 3.31. The van der Waals surface area contributed by atoms with Gasteiger partial charge in [0, 0.05) is 12.4 Å². The van der Waals surface area contributed by atoms with Gasteiger partial charge in [-0.1, -0.05) is 44.2 Å². The largest absolute Gasteiger partial charge is 0.422 e. The highest BCUT2D eigenvalue weighted by Crippen LogP contribution is 2.22. The fourth-order valence-electron chi connectivity index (χ4n) is 2.71. The Hall–Kier alpha value is -2.95. The van der Waals surface area contributed by atoms with Gasteiger partial charge in [0.15, 0.2) is 5.69 Å². The maximum Gasteiger partial charge on any atom is 0.364 e. The number of ether oxygens (including phenoxy) is 1. The molecule has 1 heterocycles. The van der Waals surface area contributed by atoms with E-state index in [9.17, 15) is 9.59 Å². The van der Waals surface area contributed by atoms with E-state index in [1.165, 1.54) is 12.6 Å². The molecule has 0 amide bonds. The Balaban J connectivity index is 1.93. The van der Waals surface area contributed by atoms with E-state index in [1.807, 2.05) is 12.1 Å². The van der Waals surface area contributed by atoms with Crippen LogP contribution in [0.25, 0.3) is 10.8 Å². The highest BCUT2D eigenvalue weighted by molar-refractivity contribution is 6.02. The van der Waals surface area contributed by atoms with E-state index in [0.717, 1.165) is 11.1 Å². The molecule has 0 saturated carbocycles. The molecule has 0 radical (unpaired) electrons. The summed E-state index contributed by atoms with van der Waals surface area (Å²) in [6.07, 6.45) is 1.05. The number of hydrogen-bond donors (Lipinski definition) is 0. The smallest absolute Gasteiger partial charge is 0.364 e. The molecule has 3 aromatic rings. The van der Waals surface area contributed by atoms with Gasteiger partial charge in [-0.25, -0.2) is 9.48 Å². The Bertz CT molecular complexity index is 974. The first kappa shape index (κ1) is 16.9. The topological polar surface area (TPSA) is 61.2 Å². The SMILES string of the molecule is CC[C@@H](C)c1ccc(OC(=O)c2nn(C)c(=O)c3ccccc23)cc1. The molecule has 5 heteroatoms. The average molecular weight is 336 g/mol. The molecule has 0 unspecified atom stereocenters. The van der Waals surface area contributed by atoms with Gasteiger partial charge >= 0.3 is 5.97 Å². The van der Waals surface area contributed by atoms with Crippen molar-refractivity contribution >= 4 is 16.7 Å². The normalized spacial score (nSPS) is 12.1. The van der Waals surface area contributed by atoms with E-state index in [0.29, 0.717) is 22.4 Å². The lowest BCUT2D eigenvalue weighted by molar-refractivity contribution is 0.0728. The van der Waals surface area contributed by atoms with Crippen LogP contribution in [-0.2, 0) is 7.05 Å². The summed E-state index contributed by atoms with van der Waals surface area (Å²) in [4.78, 5) is 24.7. The number of esters is 1. The number of rotatable bonds is 4. The number of nitrogens with zero attached hydrogens (tertiary/aromatic N) is 2. The van der Waals surface area contributed by atoms with Crippen molar-refractivity contribution in [1.82, 2.24) is 9.78 Å². The standard InChI is InChI=1S/C20H20N2O3/c1-4-13(2)14-9-11-15(12-10-14)25-20(24)18-16-7-5-6-8-17(16)19(23)22(3)21-18/h5-13H,4H2,1-3H3/t13-/m1/s1. The molecule has 0 aliphatic heterocycles. The van der Waals surface area contributed by atoms with Gasteiger partial charge in [0.2, 0.25) is 0 Å². The molecule has 128 valence electrons. The summed E-state index contributed by atoms with van der Waals surface area (Å²) in [5.74, 6) is 0.332. The van der Waals surface area contributed by atoms with E-state index in [1.54, 1.807) is 36.4 Å². The van der Waals surface area contributed by atoms with Crippen molar-refractivity contribution in [2.45, 2.75) is 26.2 Å². The van der Waals surface area contributed by atoms with Crippen molar-refractivity contribution in [3.8, 4) is 5.75 Å². The Morgan fingerprint density at radius 3 is 2.40 bits per heavy atom. The highest BCUT2D eigenvalue weighted by Gasteiger charge is 2.17. The zero-order chi connectivity index (χ0) is 18.0. The van der Waals surface area contributed by atoms with Gasteiger partial charge in [0.1, 0.15) is 5.75 Å². The van der Waals surface area contributed by atoms with Crippen molar-refractivity contribution in [2.24, 2.45) is 7.05 Å². The predicted molar refractivity (Wildman–Crippen MR) is 97.1 cm³/mol. The number of benzene rings is 2. The van der Waals surface area contributed by atoms with E-state index < -0.39 is 5.97 Å². The first-order chi connectivity index (χ1) is 12.0. The van der Waals surface area contributed by atoms with Crippen molar-refractivity contribution < 1.29 is 9.53 Å². The van der Waals surface area contributed by atoms with Gasteiger partial charge in [-0.2, -0.15) is 5.10 Å². The molecule has 25 heavy (non-hydrogen) atoms. The minimum absolute atomic E-state index is 0.128. The summed E-state index contributed by atoms with van der Waals surface area (Å²) in [6.45, 7) is 4.29. The van der Waals surface area contributed by atoms with Gasteiger partial charge in [-0.05, 0) is 36.1 Å². The molecule has 2 aromatic carbocycles. The molecule has 0 aliphatic carbocycles. The van der Waals surface area contributed by atoms with Crippen molar-refractivity contribution in [2.75, 3.05) is 0 Å². The van der Waals surface area contributed by atoms with Gasteiger partial charge in [-0.15, -0.1) is 0 Å². The van der Waals surface area contributed by atoms with Gasteiger partial charge in [0.05, 0.1) is 5.39 Å². The van der Waals surface area contributed by atoms with Crippen molar-refractivity contribution in [1.29, 1.82) is 0 Å². The Kier molecular flexibility index (Phi) is 4.65. The Morgan fingerprint density at radius 2 is 1.76 bits per heavy atom. The van der Waals surface area contributed by atoms with E-state index in [-0.39, 0.29) is 11.3 Å². The molecule has 0 aliphatic rings. The molecule has 0 N–H and O–H groups in total. The highest BCUT2D eigenvalue weighted by atomic mass is 16.5. The van der Waals surface area contributed by atoms with E-state index >= 15 is 0 Å². The molecule has 0 bridgehead atoms. The van der Waals surface area contributed by atoms with Crippen LogP contribution in [0.2, 0.25) is 0 Å². The lowest BCUT2D eigenvalue weighted by Crippen LogP contribution is -2.24. The lowest BCUT2D eigenvalue weighted by Gasteiger charge is -2.11. The molecular formula is C20H20N2O3. The summed E-state index contributed by atoms with van der Waals surface area (Å²) >= 11 is 0. The van der Waals surface area contributed by atoms with Gasteiger partial charge in [0.25, 0.3) is 5.56 Å². The number of hydrogen-bond acceptors (Lipinski definition) is 4.